The Hall–Kier alpha value is -3.94. The van der Waals surface area contributed by atoms with Crippen molar-refractivity contribution in [1.82, 2.24) is 4.57 Å². The van der Waals surface area contributed by atoms with Crippen molar-refractivity contribution in [3.63, 3.8) is 0 Å². The predicted molar refractivity (Wildman–Crippen MR) is 96.6 cm³/mol. The van der Waals surface area contributed by atoms with Crippen molar-refractivity contribution in [3.8, 4) is 17.2 Å². The lowest BCUT2D eigenvalue weighted by atomic mass is 10.0. The van der Waals surface area contributed by atoms with Crippen LogP contribution < -0.4 is 5.56 Å². The molecule has 0 aliphatic carbocycles. The molecule has 3 aromatic rings. The Morgan fingerprint density at radius 1 is 1.11 bits per heavy atom. The number of aromatic hydroxyl groups is 2. The van der Waals surface area contributed by atoms with Gasteiger partial charge in [0.25, 0.3) is 5.56 Å². The van der Waals surface area contributed by atoms with Crippen molar-refractivity contribution >= 4 is 11.5 Å². The third-order valence-corrected chi connectivity index (χ3v) is 4.01. The van der Waals surface area contributed by atoms with Gasteiger partial charge in [-0.25, -0.2) is 0 Å². The van der Waals surface area contributed by atoms with Gasteiger partial charge in [0, 0.05) is 23.5 Å². The molecule has 27 heavy (non-hydrogen) atoms. The summed E-state index contributed by atoms with van der Waals surface area (Å²) >= 11 is 0. The number of carbonyl (C=O) groups is 1. The molecular formula is C19H14N2O6. The van der Waals surface area contributed by atoms with E-state index in [2.05, 4.69) is 0 Å². The first-order valence-corrected chi connectivity index (χ1v) is 7.83. The highest BCUT2D eigenvalue weighted by Crippen LogP contribution is 2.38. The highest BCUT2D eigenvalue weighted by molar-refractivity contribution is 6.11. The minimum atomic E-state index is -0.977. The van der Waals surface area contributed by atoms with Crippen molar-refractivity contribution < 1.29 is 19.9 Å². The quantitative estimate of drug-likeness (QED) is 0.416. The summed E-state index contributed by atoms with van der Waals surface area (Å²) in [6.07, 6.45) is 1.30. The second-order valence-corrected chi connectivity index (χ2v) is 5.88. The van der Waals surface area contributed by atoms with Gasteiger partial charge < -0.3 is 10.2 Å². The number of aromatic nitrogens is 1. The predicted octanol–water partition coefficient (Wildman–Crippen LogP) is 2.70. The molecule has 0 aliphatic heterocycles. The maximum atomic E-state index is 12.7. The number of phenols is 2. The average Bonchev–Trinajstić information content (AvgIpc) is 2.61. The molecule has 0 amide bonds. The molecule has 0 unspecified atom stereocenters. The van der Waals surface area contributed by atoms with E-state index in [9.17, 15) is 29.9 Å². The Morgan fingerprint density at radius 3 is 2.52 bits per heavy atom. The van der Waals surface area contributed by atoms with E-state index in [0.29, 0.717) is 5.69 Å². The summed E-state index contributed by atoms with van der Waals surface area (Å²) in [5.74, 6) is -2.41. The fourth-order valence-corrected chi connectivity index (χ4v) is 2.69. The summed E-state index contributed by atoms with van der Waals surface area (Å²) in [5.41, 5.74) is -0.148. The van der Waals surface area contributed by atoms with E-state index < -0.39 is 27.9 Å². The molecule has 136 valence electrons. The minimum Gasteiger partial charge on any atom is -0.502 e. The molecule has 0 radical (unpaired) electrons. The second-order valence-electron chi connectivity index (χ2n) is 5.88. The van der Waals surface area contributed by atoms with Gasteiger partial charge in [-0.2, -0.15) is 0 Å². The number of pyridine rings is 1. The summed E-state index contributed by atoms with van der Waals surface area (Å²) in [6, 6.07) is 11.6. The van der Waals surface area contributed by atoms with Crippen LogP contribution in [0.3, 0.4) is 0 Å². The zero-order valence-corrected chi connectivity index (χ0v) is 14.1. The van der Waals surface area contributed by atoms with Crippen LogP contribution in [0.1, 0.15) is 21.5 Å². The lowest BCUT2D eigenvalue weighted by molar-refractivity contribution is -0.386. The van der Waals surface area contributed by atoms with Crippen LogP contribution in [-0.2, 0) is 0 Å². The fraction of sp³-hybridized carbons (Fsp3) is 0.0526. The number of nitro groups is 1. The van der Waals surface area contributed by atoms with Crippen LogP contribution in [0.5, 0.6) is 11.5 Å². The fourth-order valence-electron chi connectivity index (χ4n) is 2.69. The molecular weight excluding hydrogens is 352 g/mol. The highest BCUT2D eigenvalue weighted by Gasteiger charge is 2.26. The van der Waals surface area contributed by atoms with Gasteiger partial charge in [-0.1, -0.05) is 12.1 Å². The van der Waals surface area contributed by atoms with Crippen molar-refractivity contribution in [1.29, 1.82) is 0 Å². The van der Waals surface area contributed by atoms with Gasteiger partial charge in [-0.3, -0.25) is 24.3 Å². The Balaban J connectivity index is 2.12. The summed E-state index contributed by atoms with van der Waals surface area (Å²) < 4.78 is 1.27. The number of benzene rings is 2. The smallest absolute Gasteiger partial charge is 0.352 e. The molecule has 2 aromatic carbocycles. The van der Waals surface area contributed by atoms with E-state index in [0.717, 1.165) is 17.7 Å². The van der Waals surface area contributed by atoms with Crippen LogP contribution in [0.15, 0.2) is 59.5 Å². The van der Waals surface area contributed by atoms with Crippen molar-refractivity contribution in [2.75, 3.05) is 0 Å². The number of nitrogens with zero attached hydrogens (tertiary/aromatic N) is 2. The average molecular weight is 366 g/mol. The van der Waals surface area contributed by atoms with Gasteiger partial charge in [0.05, 0.1) is 10.5 Å². The van der Waals surface area contributed by atoms with Crippen LogP contribution >= 0.6 is 0 Å². The number of hydrogen-bond donors (Lipinski definition) is 2. The van der Waals surface area contributed by atoms with Gasteiger partial charge in [-0.15, -0.1) is 0 Å². The van der Waals surface area contributed by atoms with Gasteiger partial charge in [0.2, 0.25) is 5.75 Å². The van der Waals surface area contributed by atoms with Gasteiger partial charge in [-0.05, 0) is 42.8 Å². The van der Waals surface area contributed by atoms with E-state index >= 15 is 0 Å². The number of carbonyl (C=O) groups excluding carboxylic acids is 1. The minimum absolute atomic E-state index is 0.0476. The van der Waals surface area contributed by atoms with Crippen LogP contribution in [0.25, 0.3) is 5.69 Å². The largest absolute Gasteiger partial charge is 0.502 e. The van der Waals surface area contributed by atoms with Crippen LogP contribution in [0, 0.1) is 17.0 Å². The first-order valence-electron chi connectivity index (χ1n) is 7.83. The molecule has 0 bridgehead atoms. The van der Waals surface area contributed by atoms with Gasteiger partial charge in [0.15, 0.2) is 11.5 Å². The van der Waals surface area contributed by atoms with Crippen molar-refractivity contribution in [2.24, 2.45) is 0 Å². The molecule has 0 saturated carbocycles. The molecule has 0 aliphatic rings. The molecule has 2 N–H and O–H groups in total. The topological polar surface area (TPSA) is 123 Å². The normalized spacial score (nSPS) is 10.6. The zero-order valence-electron chi connectivity index (χ0n) is 14.1. The molecule has 8 nitrogen and oxygen atoms in total. The first kappa shape index (κ1) is 17.9. The van der Waals surface area contributed by atoms with E-state index in [1.165, 1.54) is 22.9 Å². The number of ketones is 1. The number of hydrogen-bond acceptors (Lipinski definition) is 6. The maximum Gasteiger partial charge on any atom is 0.352 e. The summed E-state index contributed by atoms with van der Waals surface area (Å²) in [6.45, 7) is 1.86. The van der Waals surface area contributed by atoms with Crippen LogP contribution in [0.4, 0.5) is 5.69 Å². The van der Waals surface area contributed by atoms with Crippen molar-refractivity contribution in [3.05, 3.63) is 91.9 Å². The van der Waals surface area contributed by atoms with Gasteiger partial charge >= 0.3 is 5.69 Å². The van der Waals surface area contributed by atoms with Crippen LogP contribution in [0.2, 0.25) is 0 Å². The third kappa shape index (κ3) is 3.28. The molecule has 3 rings (SSSR count). The molecule has 0 atom stereocenters. The Labute approximate surface area is 152 Å². The molecule has 1 aromatic heterocycles. The highest BCUT2D eigenvalue weighted by atomic mass is 16.6. The Kier molecular flexibility index (Phi) is 4.47. The number of aryl methyl sites for hydroxylation is 1. The van der Waals surface area contributed by atoms with E-state index in [-0.39, 0.29) is 16.7 Å². The second kappa shape index (κ2) is 6.75. The summed E-state index contributed by atoms with van der Waals surface area (Å²) in [4.78, 5) is 34.9. The monoisotopic (exact) mass is 366 g/mol. The van der Waals surface area contributed by atoms with Crippen LogP contribution in [-0.4, -0.2) is 25.5 Å². The number of phenolic OH excluding ortho intramolecular Hbond substituents is 2. The van der Waals surface area contributed by atoms with E-state index in [4.69, 9.17) is 0 Å². The molecule has 0 fully saturated rings. The molecule has 8 heteroatoms. The molecule has 0 spiro atoms. The van der Waals surface area contributed by atoms with E-state index in [1.807, 2.05) is 13.0 Å². The maximum absolute atomic E-state index is 12.7. The zero-order chi connectivity index (χ0) is 19.7. The SMILES string of the molecule is Cc1cccc(-n2cc(C(=O)c3ccc(O)c([N+](=O)[O-])c3O)ccc2=O)c1. The van der Waals surface area contributed by atoms with Crippen molar-refractivity contribution in [2.45, 2.75) is 6.92 Å². The van der Waals surface area contributed by atoms with Gasteiger partial charge in [0.1, 0.15) is 0 Å². The molecule has 1 heterocycles. The Morgan fingerprint density at radius 2 is 1.85 bits per heavy atom. The summed E-state index contributed by atoms with van der Waals surface area (Å²) in [7, 11) is 0. The first-order chi connectivity index (χ1) is 12.8. The lowest BCUT2D eigenvalue weighted by Gasteiger charge is -2.10. The Bertz CT molecular complexity index is 1130. The molecule has 0 saturated heterocycles. The summed E-state index contributed by atoms with van der Waals surface area (Å²) in [5, 5.41) is 30.6. The third-order valence-electron chi connectivity index (χ3n) is 4.01. The number of nitro benzene ring substituents is 1. The number of rotatable bonds is 4. The standard InChI is InChI=1S/C19H14N2O6/c1-11-3-2-4-13(9-11)20-10-12(5-8-16(20)23)18(24)14-6-7-15(22)17(19(14)25)21(26)27/h2-10,22,25H,1H3. The lowest BCUT2D eigenvalue weighted by Crippen LogP contribution is -2.18. The van der Waals surface area contributed by atoms with E-state index in [1.54, 1.807) is 18.2 Å².